The lowest BCUT2D eigenvalue weighted by Gasteiger charge is -2.08. The van der Waals surface area contributed by atoms with E-state index in [0.29, 0.717) is 0 Å². The van der Waals surface area contributed by atoms with E-state index in [1.54, 1.807) is 6.07 Å². The van der Waals surface area contributed by atoms with Crippen LogP contribution in [0, 0.1) is 5.82 Å². The number of rotatable bonds is 4. The molecule has 7 heteroatoms. The maximum Gasteiger partial charge on any atom is 0.260 e. The fourth-order valence-corrected chi connectivity index (χ4v) is 2.57. The van der Waals surface area contributed by atoms with Crippen molar-refractivity contribution in [3.63, 3.8) is 0 Å². The Morgan fingerprint density at radius 3 is 2.63 bits per heavy atom. The molecule has 2 aromatic rings. The molecule has 0 spiro atoms. The van der Waals surface area contributed by atoms with Crippen molar-refractivity contribution in [3.8, 4) is 0 Å². The van der Waals surface area contributed by atoms with E-state index in [2.05, 4.69) is 9.71 Å². The number of pyridine rings is 1. The van der Waals surface area contributed by atoms with Gasteiger partial charge in [0.25, 0.3) is 10.0 Å². The first kappa shape index (κ1) is 13.4. The number of halogens is 1. The summed E-state index contributed by atoms with van der Waals surface area (Å²) in [5.41, 5.74) is 5.85. The summed E-state index contributed by atoms with van der Waals surface area (Å²) < 4.78 is 39.6. The Morgan fingerprint density at radius 2 is 1.95 bits per heavy atom. The van der Waals surface area contributed by atoms with E-state index in [1.807, 2.05) is 0 Å². The molecule has 0 aliphatic carbocycles. The number of nitrogens with zero attached hydrogens (tertiary/aromatic N) is 1. The van der Waals surface area contributed by atoms with Gasteiger partial charge in [-0.1, -0.05) is 18.2 Å². The van der Waals surface area contributed by atoms with Crippen LogP contribution in [0.4, 0.5) is 10.1 Å². The van der Waals surface area contributed by atoms with Gasteiger partial charge in [-0.2, -0.15) is 0 Å². The lowest BCUT2D eigenvalue weighted by molar-refractivity contribution is 0.571. The smallest absolute Gasteiger partial charge is 0.260 e. The van der Waals surface area contributed by atoms with Gasteiger partial charge < -0.3 is 5.73 Å². The highest BCUT2D eigenvalue weighted by atomic mass is 32.2. The van der Waals surface area contributed by atoms with E-state index < -0.39 is 15.8 Å². The highest BCUT2D eigenvalue weighted by Gasteiger charge is 2.18. The average molecular weight is 281 g/mol. The van der Waals surface area contributed by atoms with Crippen LogP contribution in [0.25, 0.3) is 0 Å². The van der Waals surface area contributed by atoms with Gasteiger partial charge in [0.2, 0.25) is 0 Å². The van der Waals surface area contributed by atoms with Crippen LogP contribution in [-0.4, -0.2) is 13.4 Å². The van der Waals surface area contributed by atoms with Crippen molar-refractivity contribution < 1.29 is 12.8 Å². The first-order valence-corrected chi connectivity index (χ1v) is 6.92. The minimum Gasteiger partial charge on any atom is -0.396 e. The van der Waals surface area contributed by atoms with E-state index in [4.69, 9.17) is 5.73 Å². The third kappa shape index (κ3) is 3.07. The van der Waals surface area contributed by atoms with Gasteiger partial charge in [-0.3, -0.25) is 0 Å². The van der Waals surface area contributed by atoms with Crippen molar-refractivity contribution >= 4 is 15.7 Å². The first-order valence-electron chi connectivity index (χ1n) is 5.44. The maximum atomic E-state index is 13.4. The molecule has 3 N–H and O–H groups in total. The summed E-state index contributed by atoms with van der Waals surface area (Å²) in [5.74, 6) is -0.473. The molecular formula is C12H12FN3O2S. The quantitative estimate of drug-likeness (QED) is 0.884. The Kier molecular flexibility index (Phi) is 3.77. The molecule has 2 rings (SSSR count). The van der Waals surface area contributed by atoms with Gasteiger partial charge in [0.15, 0.2) is 5.03 Å². The number of aromatic nitrogens is 1. The molecule has 1 aromatic heterocycles. The van der Waals surface area contributed by atoms with Gasteiger partial charge in [-0.25, -0.2) is 22.5 Å². The molecule has 0 aliphatic heterocycles. The SMILES string of the molecule is Nc1cccnc1S(=O)(=O)NCc1ccccc1F. The Bertz CT molecular complexity index is 689. The Hall–Kier alpha value is -1.99. The fourth-order valence-electron chi connectivity index (χ4n) is 1.51. The van der Waals surface area contributed by atoms with Crippen molar-refractivity contribution in [2.45, 2.75) is 11.6 Å². The summed E-state index contributed by atoms with van der Waals surface area (Å²) in [6.45, 7) is -0.162. The monoisotopic (exact) mass is 281 g/mol. The third-order valence-electron chi connectivity index (χ3n) is 2.47. The minimum atomic E-state index is -3.86. The Balaban J connectivity index is 2.20. The molecule has 0 aliphatic rings. The summed E-state index contributed by atoms with van der Waals surface area (Å²) in [7, 11) is -3.86. The van der Waals surface area contributed by atoms with Crippen molar-refractivity contribution in [2.75, 3.05) is 5.73 Å². The minimum absolute atomic E-state index is 0.0449. The number of anilines is 1. The van der Waals surface area contributed by atoms with E-state index in [0.717, 1.165) is 0 Å². The summed E-state index contributed by atoms with van der Waals surface area (Å²) in [6, 6.07) is 8.89. The zero-order valence-corrected chi connectivity index (χ0v) is 10.7. The van der Waals surface area contributed by atoms with Gasteiger partial charge in [0.05, 0.1) is 5.69 Å². The van der Waals surface area contributed by atoms with Gasteiger partial charge in [-0.15, -0.1) is 0 Å². The van der Waals surface area contributed by atoms with Crippen LogP contribution in [0.3, 0.4) is 0 Å². The number of benzene rings is 1. The Labute approximate surface area is 110 Å². The van der Waals surface area contributed by atoms with Gasteiger partial charge in [0, 0.05) is 18.3 Å². The first-order chi connectivity index (χ1) is 9.00. The fraction of sp³-hybridized carbons (Fsp3) is 0.0833. The van der Waals surface area contributed by atoms with Gasteiger partial charge >= 0.3 is 0 Å². The van der Waals surface area contributed by atoms with Crippen molar-refractivity contribution in [3.05, 3.63) is 54.0 Å². The normalized spacial score (nSPS) is 11.4. The van der Waals surface area contributed by atoms with Crippen LogP contribution in [0.5, 0.6) is 0 Å². The van der Waals surface area contributed by atoms with Gasteiger partial charge in [0.1, 0.15) is 5.82 Å². The number of hydrogen-bond acceptors (Lipinski definition) is 4. The van der Waals surface area contributed by atoms with Crippen LogP contribution in [0.15, 0.2) is 47.6 Å². The van der Waals surface area contributed by atoms with E-state index in [-0.39, 0.29) is 22.8 Å². The van der Waals surface area contributed by atoms with Crippen LogP contribution in [-0.2, 0) is 16.6 Å². The molecule has 0 fully saturated rings. The number of nitrogens with one attached hydrogen (secondary N) is 1. The number of hydrogen-bond donors (Lipinski definition) is 2. The molecule has 100 valence electrons. The zero-order valence-electron chi connectivity index (χ0n) is 9.88. The molecule has 0 radical (unpaired) electrons. The number of nitrogen functional groups attached to an aromatic ring is 1. The largest absolute Gasteiger partial charge is 0.396 e. The molecule has 0 unspecified atom stereocenters. The van der Waals surface area contributed by atoms with Crippen LogP contribution in [0.1, 0.15) is 5.56 Å². The topological polar surface area (TPSA) is 85.1 Å². The summed E-state index contributed by atoms with van der Waals surface area (Å²) in [5, 5.41) is -0.258. The van der Waals surface area contributed by atoms with Crippen LogP contribution in [0.2, 0.25) is 0 Å². The number of sulfonamides is 1. The second-order valence-electron chi connectivity index (χ2n) is 3.81. The van der Waals surface area contributed by atoms with Crippen molar-refractivity contribution in [1.82, 2.24) is 9.71 Å². The van der Waals surface area contributed by atoms with E-state index in [1.165, 1.54) is 36.5 Å². The lowest BCUT2D eigenvalue weighted by Crippen LogP contribution is -2.25. The molecule has 0 saturated carbocycles. The molecule has 1 heterocycles. The molecule has 0 saturated heterocycles. The molecular weight excluding hydrogens is 269 g/mol. The standard InChI is InChI=1S/C12H12FN3O2S/c13-10-5-2-1-4-9(10)8-16-19(17,18)12-11(14)6-3-7-15-12/h1-7,16H,8,14H2. The molecule has 5 nitrogen and oxygen atoms in total. The second-order valence-corrected chi connectivity index (χ2v) is 5.50. The average Bonchev–Trinajstić information content (AvgIpc) is 2.38. The Morgan fingerprint density at radius 1 is 1.21 bits per heavy atom. The summed E-state index contributed by atoms with van der Waals surface area (Å²) in [4.78, 5) is 3.72. The van der Waals surface area contributed by atoms with Crippen molar-refractivity contribution in [1.29, 1.82) is 0 Å². The summed E-state index contributed by atoms with van der Waals surface area (Å²) in [6.07, 6.45) is 1.33. The molecule has 1 aromatic carbocycles. The predicted octanol–water partition coefficient (Wildman–Crippen LogP) is 1.28. The van der Waals surface area contributed by atoms with Crippen LogP contribution < -0.4 is 10.5 Å². The maximum absolute atomic E-state index is 13.4. The molecule has 0 bridgehead atoms. The molecule has 0 atom stereocenters. The lowest BCUT2D eigenvalue weighted by atomic mass is 10.2. The summed E-state index contributed by atoms with van der Waals surface area (Å²) >= 11 is 0. The van der Waals surface area contributed by atoms with Crippen molar-refractivity contribution in [2.24, 2.45) is 0 Å². The number of nitrogens with two attached hydrogens (primary N) is 1. The highest BCUT2D eigenvalue weighted by Crippen LogP contribution is 2.14. The zero-order chi connectivity index (χ0) is 13.9. The molecule has 0 amide bonds. The third-order valence-corrected chi connectivity index (χ3v) is 3.84. The van der Waals surface area contributed by atoms with E-state index in [9.17, 15) is 12.8 Å². The molecule has 19 heavy (non-hydrogen) atoms. The van der Waals surface area contributed by atoms with E-state index >= 15 is 0 Å². The van der Waals surface area contributed by atoms with Gasteiger partial charge in [-0.05, 0) is 18.2 Å². The van der Waals surface area contributed by atoms with Crippen LogP contribution >= 0.6 is 0 Å². The highest BCUT2D eigenvalue weighted by molar-refractivity contribution is 7.89. The predicted molar refractivity (Wildman–Crippen MR) is 69.1 cm³/mol. The second kappa shape index (κ2) is 5.33.